The van der Waals surface area contributed by atoms with Gasteiger partial charge in [0.1, 0.15) is 5.75 Å². The Kier molecular flexibility index (Phi) is 9.93. The third-order valence-electron chi connectivity index (χ3n) is 3.47. The minimum atomic E-state index is 0.625. The van der Waals surface area contributed by atoms with Gasteiger partial charge >= 0.3 is 0 Å². The van der Waals surface area contributed by atoms with E-state index in [1.165, 1.54) is 31.2 Å². The molecule has 1 aromatic heterocycles. The topological polar surface area (TPSA) is 51.2 Å². The summed E-state index contributed by atoms with van der Waals surface area (Å²) in [6.45, 7) is 4.26. The van der Waals surface area contributed by atoms with Gasteiger partial charge in [-0.15, -0.1) is 0 Å². The first-order valence-electron chi connectivity index (χ1n) is 8.50. The molecule has 0 aliphatic heterocycles. The van der Waals surface area contributed by atoms with Crippen LogP contribution in [0.1, 0.15) is 43.7 Å². The van der Waals surface area contributed by atoms with Crippen molar-refractivity contribution in [3.63, 3.8) is 0 Å². The second-order valence-electron chi connectivity index (χ2n) is 5.64. The molecule has 1 N–H and O–H groups in total. The minimum absolute atomic E-state index is 0.625. The average Bonchev–Trinajstić information content (AvgIpc) is 2.62. The predicted octanol–water partition coefficient (Wildman–Crippen LogP) is 4.67. The van der Waals surface area contributed by atoms with Crippen molar-refractivity contribution in [2.75, 3.05) is 7.05 Å². The lowest BCUT2D eigenvalue weighted by Crippen LogP contribution is -1.98. The molecule has 2 aromatic rings. The van der Waals surface area contributed by atoms with Crippen LogP contribution in [-0.4, -0.2) is 18.4 Å². The molecule has 0 aliphatic carbocycles. The van der Waals surface area contributed by atoms with E-state index < -0.39 is 0 Å². The molecule has 0 radical (unpaired) electrons. The van der Waals surface area contributed by atoms with E-state index in [1.54, 1.807) is 7.05 Å². The maximum Gasteiger partial charge on any atom is 0.219 e. The Morgan fingerprint density at radius 3 is 2.33 bits per heavy atom. The first kappa shape index (κ1) is 19.7. The number of ether oxygens (including phenoxy) is 1. The molecule has 0 aliphatic rings. The normalized spacial score (nSPS) is 9.62. The van der Waals surface area contributed by atoms with E-state index in [4.69, 9.17) is 9.53 Å². The Bertz CT molecular complexity index is 565. The van der Waals surface area contributed by atoms with Crippen LogP contribution in [0.2, 0.25) is 0 Å². The molecular formula is C20H28N2O2. The van der Waals surface area contributed by atoms with Crippen molar-refractivity contribution in [2.45, 2.75) is 46.0 Å². The van der Waals surface area contributed by atoms with Gasteiger partial charge in [-0.05, 0) is 43.0 Å². The number of hydrogen-bond donors (Lipinski definition) is 1. The molecule has 0 fully saturated rings. The number of amides is 1. The minimum Gasteiger partial charge on any atom is -0.439 e. The number of aryl methyl sites for hydroxylation is 2. The van der Waals surface area contributed by atoms with E-state index in [0.29, 0.717) is 12.3 Å². The summed E-state index contributed by atoms with van der Waals surface area (Å²) < 4.78 is 5.72. The average molecular weight is 328 g/mol. The van der Waals surface area contributed by atoms with Crippen LogP contribution in [0.5, 0.6) is 11.6 Å². The molecule has 0 spiro atoms. The number of rotatable bonds is 8. The molecule has 130 valence electrons. The molecule has 4 heteroatoms. The fraction of sp³-hybridized carbons (Fsp3) is 0.400. The van der Waals surface area contributed by atoms with Crippen LogP contribution in [0.15, 0.2) is 42.6 Å². The summed E-state index contributed by atoms with van der Waals surface area (Å²) in [5.74, 6) is 1.49. The fourth-order valence-electron chi connectivity index (χ4n) is 2.12. The quantitative estimate of drug-likeness (QED) is 0.566. The SMILES string of the molecule is CCCCCCc1ccc(Oc2ccc(C)cn2)cc1.CNC=O. The van der Waals surface area contributed by atoms with Gasteiger partial charge in [0, 0.05) is 19.3 Å². The van der Waals surface area contributed by atoms with E-state index >= 15 is 0 Å². The summed E-state index contributed by atoms with van der Waals surface area (Å²) in [5, 5.41) is 2.25. The van der Waals surface area contributed by atoms with E-state index in [-0.39, 0.29) is 0 Å². The lowest BCUT2D eigenvalue weighted by atomic mass is 10.1. The van der Waals surface area contributed by atoms with Gasteiger partial charge in [-0.25, -0.2) is 4.98 Å². The Morgan fingerprint density at radius 2 is 1.79 bits per heavy atom. The van der Waals surface area contributed by atoms with Crippen LogP contribution >= 0.6 is 0 Å². The molecule has 2 rings (SSSR count). The van der Waals surface area contributed by atoms with Gasteiger partial charge < -0.3 is 10.1 Å². The highest BCUT2D eigenvalue weighted by Crippen LogP contribution is 2.20. The fourth-order valence-corrected chi connectivity index (χ4v) is 2.12. The largest absolute Gasteiger partial charge is 0.439 e. The molecule has 0 atom stereocenters. The van der Waals surface area contributed by atoms with Crippen molar-refractivity contribution in [1.29, 1.82) is 0 Å². The zero-order valence-corrected chi connectivity index (χ0v) is 14.9. The Balaban J connectivity index is 0.000000648. The number of nitrogens with one attached hydrogen (secondary N) is 1. The van der Waals surface area contributed by atoms with Gasteiger partial charge in [0.05, 0.1) is 0 Å². The molecule has 1 heterocycles. The lowest BCUT2D eigenvalue weighted by molar-refractivity contribution is -0.109. The third kappa shape index (κ3) is 8.32. The first-order chi connectivity index (χ1) is 11.7. The molecule has 1 amide bonds. The van der Waals surface area contributed by atoms with Crippen molar-refractivity contribution in [3.05, 3.63) is 53.7 Å². The van der Waals surface area contributed by atoms with Crippen LogP contribution < -0.4 is 10.1 Å². The zero-order chi connectivity index (χ0) is 17.6. The van der Waals surface area contributed by atoms with E-state index in [9.17, 15) is 0 Å². The summed E-state index contributed by atoms with van der Waals surface area (Å²) in [4.78, 5) is 13.3. The smallest absolute Gasteiger partial charge is 0.219 e. The number of carbonyl (C=O) groups excluding carboxylic acids is 1. The maximum absolute atomic E-state index is 9.06. The Hall–Kier alpha value is -2.36. The summed E-state index contributed by atoms with van der Waals surface area (Å²) >= 11 is 0. The van der Waals surface area contributed by atoms with E-state index in [1.807, 2.05) is 37.4 Å². The highest BCUT2D eigenvalue weighted by atomic mass is 16.5. The lowest BCUT2D eigenvalue weighted by Gasteiger charge is -2.06. The number of hydrogen-bond acceptors (Lipinski definition) is 3. The van der Waals surface area contributed by atoms with Crippen LogP contribution in [0.25, 0.3) is 0 Å². The van der Waals surface area contributed by atoms with Crippen molar-refractivity contribution in [2.24, 2.45) is 0 Å². The highest BCUT2D eigenvalue weighted by Gasteiger charge is 1.99. The second-order valence-corrected chi connectivity index (χ2v) is 5.64. The van der Waals surface area contributed by atoms with Gasteiger partial charge in [-0.1, -0.05) is 44.4 Å². The second kappa shape index (κ2) is 12.1. The molecule has 0 saturated heterocycles. The van der Waals surface area contributed by atoms with Gasteiger partial charge in [0.15, 0.2) is 0 Å². The monoisotopic (exact) mass is 328 g/mol. The number of aromatic nitrogens is 1. The Morgan fingerprint density at radius 1 is 1.08 bits per heavy atom. The summed E-state index contributed by atoms with van der Waals surface area (Å²) in [6, 6.07) is 12.2. The number of nitrogens with zero attached hydrogens (tertiary/aromatic N) is 1. The number of carbonyl (C=O) groups is 1. The van der Waals surface area contributed by atoms with Crippen LogP contribution in [-0.2, 0) is 11.2 Å². The van der Waals surface area contributed by atoms with Gasteiger partial charge in [-0.3, -0.25) is 4.79 Å². The molecule has 0 saturated carbocycles. The molecule has 4 nitrogen and oxygen atoms in total. The van der Waals surface area contributed by atoms with Crippen molar-refractivity contribution < 1.29 is 9.53 Å². The summed E-state index contributed by atoms with van der Waals surface area (Å²) in [6.07, 6.45) is 8.81. The maximum atomic E-state index is 9.06. The highest BCUT2D eigenvalue weighted by molar-refractivity contribution is 5.44. The van der Waals surface area contributed by atoms with Crippen molar-refractivity contribution in [3.8, 4) is 11.6 Å². The zero-order valence-electron chi connectivity index (χ0n) is 14.9. The standard InChI is InChI=1S/C18H23NO.C2H5NO/c1-3-4-5-6-7-16-9-11-17(12-10-16)20-18-13-8-15(2)14-19-18;1-3-2-4/h8-14H,3-7H2,1-2H3;2H,1H3,(H,3,4). The molecule has 0 unspecified atom stereocenters. The summed E-state index contributed by atoms with van der Waals surface area (Å²) in [5.41, 5.74) is 2.52. The summed E-state index contributed by atoms with van der Waals surface area (Å²) in [7, 11) is 1.56. The van der Waals surface area contributed by atoms with Gasteiger partial charge in [0.2, 0.25) is 12.3 Å². The molecule has 0 bridgehead atoms. The number of pyridine rings is 1. The van der Waals surface area contributed by atoms with Gasteiger partial charge in [-0.2, -0.15) is 0 Å². The van der Waals surface area contributed by atoms with Crippen molar-refractivity contribution in [1.82, 2.24) is 10.3 Å². The van der Waals surface area contributed by atoms with E-state index in [2.05, 4.69) is 29.4 Å². The molecule has 1 aromatic carbocycles. The van der Waals surface area contributed by atoms with Crippen LogP contribution in [0.4, 0.5) is 0 Å². The van der Waals surface area contributed by atoms with Gasteiger partial charge in [0.25, 0.3) is 0 Å². The van der Waals surface area contributed by atoms with Crippen LogP contribution in [0, 0.1) is 6.92 Å². The van der Waals surface area contributed by atoms with Crippen LogP contribution in [0.3, 0.4) is 0 Å². The number of benzene rings is 1. The van der Waals surface area contributed by atoms with E-state index in [0.717, 1.165) is 17.7 Å². The number of unbranched alkanes of at least 4 members (excludes halogenated alkanes) is 3. The Labute approximate surface area is 145 Å². The molecular weight excluding hydrogens is 300 g/mol. The predicted molar refractivity (Wildman–Crippen MR) is 98.5 cm³/mol. The third-order valence-corrected chi connectivity index (χ3v) is 3.47. The molecule has 24 heavy (non-hydrogen) atoms. The first-order valence-corrected chi connectivity index (χ1v) is 8.50. The van der Waals surface area contributed by atoms with Crippen molar-refractivity contribution >= 4 is 6.41 Å².